The van der Waals surface area contributed by atoms with Crippen molar-refractivity contribution in [3.8, 4) is 0 Å². The van der Waals surface area contributed by atoms with Gasteiger partial charge in [-0.15, -0.1) is 0 Å². The predicted molar refractivity (Wildman–Crippen MR) is 39.3 cm³/mol. The molecule has 4 heteroatoms. The van der Waals surface area contributed by atoms with Gasteiger partial charge in [0.05, 0.1) is 19.6 Å². The van der Waals surface area contributed by atoms with E-state index in [-0.39, 0.29) is 5.97 Å². The minimum absolute atomic E-state index is 0.246. The third-order valence-corrected chi connectivity index (χ3v) is 1.06. The van der Waals surface area contributed by atoms with Crippen LogP contribution in [0.4, 0.5) is 0 Å². The number of ether oxygens (including phenoxy) is 3. The van der Waals surface area contributed by atoms with E-state index in [1.54, 1.807) is 14.2 Å². The Hall–Kier alpha value is -0.610. The SMILES string of the molecule is COCCOC(=O)CCOC. The molecule has 0 aromatic heterocycles. The van der Waals surface area contributed by atoms with E-state index in [4.69, 9.17) is 4.74 Å². The van der Waals surface area contributed by atoms with Crippen molar-refractivity contribution in [3.63, 3.8) is 0 Å². The highest BCUT2D eigenvalue weighted by atomic mass is 16.6. The van der Waals surface area contributed by atoms with Crippen LogP contribution in [0.15, 0.2) is 0 Å². The minimum atomic E-state index is -0.246. The summed E-state index contributed by atoms with van der Waals surface area (Å²) in [6, 6.07) is 0. The minimum Gasteiger partial charge on any atom is -0.463 e. The largest absolute Gasteiger partial charge is 0.463 e. The molecule has 0 aliphatic rings. The van der Waals surface area contributed by atoms with Crippen LogP contribution in [0.1, 0.15) is 6.42 Å². The summed E-state index contributed by atoms with van der Waals surface area (Å²) in [6.45, 7) is 1.17. The van der Waals surface area contributed by atoms with Gasteiger partial charge >= 0.3 is 5.97 Å². The fourth-order valence-corrected chi connectivity index (χ4v) is 0.496. The van der Waals surface area contributed by atoms with Gasteiger partial charge in [0.2, 0.25) is 0 Å². The Morgan fingerprint density at radius 3 is 2.27 bits per heavy atom. The molecule has 0 spiro atoms. The van der Waals surface area contributed by atoms with Crippen molar-refractivity contribution in [2.24, 2.45) is 0 Å². The van der Waals surface area contributed by atoms with E-state index in [2.05, 4.69) is 9.47 Å². The Balaban J connectivity index is 3.09. The number of hydrogen-bond acceptors (Lipinski definition) is 4. The Morgan fingerprint density at radius 1 is 1.09 bits per heavy atom. The topological polar surface area (TPSA) is 44.8 Å². The monoisotopic (exact) mass is 162 g/mol. The van der Waals surface area contributed by atoms with Gasteiger partial charge in [-0.3, -0.25) is 4.79 Å². The van der Waals surface area contributed by atoms with E-state index in [0.29, 0.717) is 26.2 Å². The first-order chi connectivity index (χ1) is 5.31. The molecule has 0 atom stereocenters. The van der Waals surface area contributed by atoms with Crippen molar-refractivity contribution in [2.75, 3.05) is 34.0 Å². The molecule has 0 fully saturated rings. The van der Waals surface area contributed by atoms with Crippen molar-refractivity contribution in [2.45, 2.75) is 6.42 Å². The van der Waals surface area contributed by atoms with Crippen LogP contribution in [0.25, 0.3) is 0 Å². The zero-order chi connectivity index (χ0) is 8.53. The van der Waals surface area contributed by atoms with Crippen molar-refractivity contribution in [1.29, 1.82) is 0 Å². The Labute approximate surface area is 66.4 Å². The molecule has 0 aliphatic carbocycles. The van der Waals surface area contributed by atoms with Gasteiger partial charge in [0.15, 0.2) is 0 Å². The number of carbonyl (C=O) groups excluding carboxylic acids is 1. The Kier molecular flexibility index (Phi) is 7.08. The summed E-state index contributed by atoms with van der Waals surface area (Å²) >= 11 is 0. The van der Waals surface area contributed by atoms with Crippen LogP contribution >= 0.6 is 0 Å². The maximum atomic E-state index is 10.7. The van der Waals surface area contributed by atoms with Crippen LogP contribution in [0.2, 0.25) is 0 Å². The summed E-state index contributed by atoms with van der Waals surface area (Å²) in [6.07, 6.45) is 0.306. The molecule has 0 unspecified atom stereocenters. The van der Waals surface area contributed by atoms with E-state index in [9.17, 15) is 4.79 Å². The third-order valence-electron chi connectivity index (χ3n) is 1.06. The maximum Gasteiger partial charge on any atom is 0.308 e. The first-order valence-electron chi connectivity index (χ1n) is 3.44. The van der Waals surface area contributed by atoms with Crippen LogP contribution in [0.3, 0.4) is 0 Å². The highest BCUT2D eigenvalue weighted by Gasteiger charge is 2.00. The average molecular weight is 162 g/mol. The van der Waals surface area contributed by atoms with E-state index >= 15 is 0 Å². The zero-order valence-electron chi connectivity index (χ0n) is 6.96. The maximum absolute atomic E-state index is 10.7. The quantitative estimate of drug-likeness (QED) is 0.414. The summed E-state index contributed by atoms with van der Waals surface area (Å²) in [5, 5.41) is 0. The number of methoxy groups -OCH3 is 2. The fraction of sp³-hybridized carbons (Fsp3) is 0.857. The highest BCUT2D eigenvalue weighted by Crippen LogP contribution is 1.86. The molecule has 66 valence electrons. The van der Waals surface area contributed by atoms with Gasteiger partial charge < -0.3 is 14.2 Å². The lowest BCUT2D eigenvalue weighted by Crippen LogP contribution is -2.11. The molecule has 0 aliphatic heterocycles. The molecule has 0 aromatic rings. The highest BCUT2D eigenvalue weighted by molar-refractivity contribution is 5.69. The summed E-state index contributed by atoms with van der Waals surface area (Å²) < 4.78 is 14.1. The summed E-state index contributed by atoms with van der Waals surface area (Å²) in [5.74, 6) is -0.246. The molecule has 4 nitrogen and oxygen atoms in total. The first kappa shape index (κ1) is 10.4. The van der Waals surface area contributed by atoms with Crippen LogP contribution in [-0.2, 0) is 19.0 Å². The zero-order valence-corrected chi connectivity index (χ0v) is 6.96. The molecular formula is C7H14O4. The molecule has 0 saturated heterocycles. The van der Waals surface area contributed by atoms with Gasteiger partial charge in [0.25, 0.3) is 0 Å². The smallest absolute Gasteiger partial charge is 0.308 e. The van der Waals surface area contributed by atoms with E-state index in [0.717, 1.165) is 0 Å². The van der Waals surface area contributed by atoms with Crippen molar-refractivity contribution in [3.05, 3.63) is 0 Å². The normalized spacial score (nSPS) is 9.64. The molecule has 0 amide bonds. The number of hydrogen-bond donors (Lipinski definition) is 0. The average Bonchev–Trinajstić information content (AvgIpc) is 2.01. The second kappa shape index (κ2) is 7.50. The molecule has 0 N–H and O–H groups in total. The van der Waals surface area contributed by atoms with Crippen LogP contribution < -0.4 is 0 Å². The molecule has 0 aromatic carbocycles. The van der Waals surface area contributed by atoms with E-state index in [1.807, 2.05) is 0 Å². The number of esters is 1. The Morgan fingerprint density at radius 2 is 1.73 bits per heavy atom. The van der Waals surface area contributed by atoms with E-state index < -0.39 is 0 Å². The summed E-state index contributed by atoms with van der Waals surface area (Å²) in [5.41, 5.74) is 0. The number of carbonyl (C=O) groups is 1. The third kappa shape index (κ3) is 7.29. The molecular weight excluding hydrogens is 148 g/mol. The summed E-state index contributed by atoms with van der Waals surface area (Å²) in [4.78, 5) is 10.7. The molecule has 0 bridgehead atoms. The Bertz CT molecular complexity index is 103. The van der Waals surface area contributed by atoms with Crippen molar-refractivity contribution < 1.29 is 19.0 Å². The van der Waals surface area contributed by atoms with Gasteiger partial charge in [-0.05, 0) is 0 Å². The van der Waals surface area contributed by atoms with Crippen LogP contribution in [-0.4, -0.2) is 40.0 Å². The predicted octanol–water partition coefficient (Wildman–Crippen LogP) is 0.212. The molecule has 0 heterocycles. The van der Waals surface area contributed by atoms with Gasteiger partial charge in [-0.25, -0.2) is 0 Å². The van der Waals surface area contributed by atoms with E-state index in [1.165, 1.54) is 0 Å². The lowest BCUT2D eigenvalue weighted by molar-refractivity contribution is -0.145. The van der Waals surface area contributed by atoms with Crippen molar-refractivity contribution in [1.82, 2.24) is 0 Å². The molecule has 0 saturated carbocycles. The van der Waals surface area contributed by atoms with Crippen LogP contribution in [0, 0.1) is 0 Å². The van der Waals surface area contributed by atoms with Gasteiger partial charge in [0.1, 0.15) is 6.61 Å². The van der Waals surface area contributed by atoms with Gasteiger partial charge in [-0.2, -0.15) is 0 Å². The number of rotatable bonds is 6. The summed E-state index contributed by atoms with van der Waals surface area (Å²) in [7, 11) is 3.10. The second-order valence-corrected chi connectivity index (χ2v) is 1.96. The molecule has 0 rings (SSSR count). The first-order valence-corrected chi connectivity index (χ1v) is 3.44. The molecule has 11 heavy (non-hydrogen) atoms. The lowest BCUT2D eigenvalue weighted by Gasteiger charge is -2.02. The second-order valence-electron chi connectivity index (χ2n) is 1.96. The lowest BCUT2D eigenvalue weighted by atomic mass is 10.5. The van der Waals surface area contributed by atoms with Crippen LogP contribution in [0.5, 0.6) is 0 Å². The van der Waals surface area contributed by atoms with Gasteiger partial charge in [0, 0.05) is 14.2 Å². The molecule has 0 radical (unpaired) electrons. The fourth-order valence-electron chi connectivity index (χ4n) is 0.496. The van der Waals surface area contributed by atoms with Crippen molar-refractivity contribution >= 4 is 5.97 Å². The van der Waals surface area contributed by atoms with Gasteiger partial charge in [-0.1, -0.05) is 0 Å². The standard InChI is InChI=1S/C7H14O4/c1-9-4-3-7(8)11-6-5-10-2/h3-6H2,1-2H3.